The molecule has 2 saturated heterocycles. The summed E-state index contributed by atoms with van der Waals surface area (Å²) in [5.74, 6) is 2.17. The molecule has 7 heteroatoms. The van der Waals surface area contributed by atoms with Crippen molar-refractivity contribution in [3.63, 3.8) is 0 Å². The van der Waals surface area contributed by atoms with Crippen LogP contribution < -0.4 is 0 Å². The van der Waals surface area contributed by atoms with Crippen molar-refractivity contribution in [1.29, 1.82) is 0 Å². The number of hydrogen-bond donors (Lipinski definition) is 0. The maximum absolute atomic E-state index is 14.0. The van der Waals surface area contributed by atoms with E-state index in [2.05, 4.69) is 10.00 Å². The number of aryl methyl sites for hydroxylation is 1. The van der Waals surface area contributed by atoms with Crippen LogP contribution in [0, 0.1) is 0 Å². The van der Waals surface area contributed by atoms with E-state index in [4.69, 9.17) is 9.72 Å². The van der Waals surface area contributed by atoms with Crippen molar-refractivity contribution in [1.82, 2.24) is 19.7 Å². The molecule has 5 rings (SSSR count). The van der Waals surface area contributed by atoms with E-state index in [-0.39, 0.29) is 18.1 Å². The summed E-state index contributed by atoms with van der Waals surface area (Å²) in [5.41, 5.74) is 3.28. The summed E-state index contributed by atoms with van der Waals surface area (Å²) >= 11 is 1.93. The van der Waals surface area contributed by atoms with Gasteiger partial charge in [-0.3, -0.25) is 4.79 Å². The highest BCUT2D eigenvalue weighted by Crippen LogP contribution is 2.30. The highest BCUT2D eigenvalue weighted by Gasteiger charge is 2.32. The number of rotatable bonds is 6. The first-order valence-electron chi connectivity index (χ1n) is 11.2. The molecule has 0 N–H and O–H groups in total. The quantitative estimate of drug-likeness (QED) is 0.578. The highest BCUT2D eigenvalue weighted by molar-refractivity contribution is 7.99. The summed E-state index contributed by atoms with van der Waals surface area (Å²) < 4.78 is 7.77. The minimum absolute atomic E-state index is 0.0724. The second-order valence-electron chi connectivity index (χ2n) is 8.23. The molecular weight excluding hydrogens is 408 g/mol. The van der Waals surface area contributed by atoms with E-state index in [1.54, 1.807) is 6.20 Å². The van der Waals surface area contributed by atoms with Gasteiger partial charge in [-0.15, -0.1) is 0 Å². The molecule has 2 aliphatic rings. The molecule has 1 amide bonds. The Kier molecular flexibility index (Phi) is 5.96. The van der Waals surface area contributed by atoms with Gasteiger partial charge in [0.1, 0.15) is 0 Å². The lowest BCUT2D eigenvalue weighted by Crippen LogP contribution is -2.44. The van der Waals surface area contributed by atoms with Crippen LogP contribution in [0.3, 0.4) is 0 Å². The molecule has 0 bridgehead atoms. The number of thioether (sulfide) groups is 1. The first kappa shape index (κ1) is 20.5. The van der Waals surface area contributed by atoms with Crippen LogP contribution in [0.2, 0.25) is 0 Å². The monoisotopic (exact) mass is 436 g/mol. The van der Waals surface area contributed by atoms with Gasteiger partial charge in [0.2, 0.25) is 0 Å². The fourth-order valence-corrected chi connectivity index (χ4v) is 5.77. The first-order valence-corrected chi connectivity index (χ1v) is 12.3. The van der Waals surface area contributed by atoms with Gasteiger partial charge in [-0.25, -0.2) is 9.67 Å². The van der Waals surface area contributed by atoms with Crippen molar-refractivity contribution in [2.24, 2.45) is 0 Å². The lowest BCUT2D eigenvalue weighted by Gasteiger charge is -2.31. The van der Waals surface area contributed by atoms with E-state index in [1.807, 2.05) is 59.8 Å². The Morgan fingerprint density at radius 1 is 1.29 bits per heavy atom. The number of fused-ring (bicyclic) bond motifs is 1. The van der Waals surface area contributed by atoms with Crippen LogP contribution in [0.5, 0.6) is 0 Å². The van der Waals surface area contributed by atoms with Gasteiger partial charge in [-0.1, -0.05) is 30.3 Å². The van der Waals surface area contributed by atoms with E-state index in [0.29, 0.717) is 18.7 Å². The van der Waals surface area contributed by atoms with E-state index in [1.165, 1.54) is 0 Å². The SMILES string of the molecule is CCn1ncc2c(C(=O)N(CC3CCCO3)C3CCSC3)cc(-c3ccccc3)nc21. The van der Waals surface area contributed by atoms with Crippen molar-refractivity contribution in [2.75, 3.05) is 24.7 Å². The normalized spacial score (nSPS) is 21.1. The number of pyridine rings is 1. The van der Waals surface area contributed by atoms with Crippen LogP contribution in [-0.2, 0) is 11.3 Å². The molecule has 162 valence electrons. The third-order valence-electron chi connectivity index (χ3n) is 6.24. The Labute approximate surface area is 187 Å². The maximum Gasteiger partial charge on any atom is 0.255 e. The summed E-state index contributed by atoms with van der Waals surface area (Å²) in [6.07, 6.45) is 5.07. The second-order valence-corrected chi connectivity index (χ2v) is 9.38. The van der Waals surface area contributed by atoms with Gasteiger partial charge in [-0.2, -0.15) is 16.9 Å². The van der Waals surface area contributed by atoms with E-state index < -0.39 is 0 Å². The van der Waals surface area contributed by atoms with Crippen LogP contribution in [0.15, 0.2) is 42.6 Å². The molecule has 6 nitrogen and oxygen atoms in total. The van der Waals surface area contributed by atoms with Gasteiger partial charge in [-0.05, 0) is 38.0 Å². The summed E-state index contributed by atoms with van der Waals surface area (Å²) in [6, 6.07) is 12.3. The Morgan fingerprint density at radius 3 is 2.87 bits per heavy atom. The number of ether oxygens (including phenoxy) is 1. The number of amides is 1. The van der Waals surface area contributed by atoms with Crippen LogP contribution in [0.4, 0.5) is 0 Å². The van der Waals surface area contributed by atoms with E-state index >= 15 is 0 Å². The predicted octanol–water partition coefficient (Wildman–Crippen LogP) is 4.24. The number of hydrogen-bond acceptors (Lipinski definition) is 5. The average Bonchev–Trinajstić information content (AvgIpc) is 3.58. The Bertz CT molecular complexity index is 1060. The molecule has 4 heterocycles. The minimum Gasteiger partial charge on any atom is -0.376 e. The van der Waals surface area contributed by atoms with Crippen LogP contribution in [0.1, 0.15) is 36.5 Å². The predicted molar refractivity (Wildman–Crippen MR) is 124 cm³/mol. The molecule has 2 unspecified atom stereocenters. The van der Waals surface area contributed by atoms with Gasteiger partial charge in [0.15, 0.2) is 5.65 Å². The van der Waals surface area contributed by atoms with Crippen molar-refractivity contribution >= 4 is 28.7 Å². The number of carbonyl (C=O) groups excluding carboxylic acids is 1. The van der Waals surface area contributed by atoms with Crippen molar-refractivity contribution in [2.45, 2.75) is 44.9 Å². The minimum atomic E-state index is 0.0724. The topological polar surface area (TPSA) is 60.2 Å². The van der Waals surface area contributed by atoms with E-state index in [0.717, 1.165) is 59.7 Å². The van der Waals surface area contributed by atoms with E-state index in [9.17, 15) is 4.79 Å². The standard InChI is InChI=1S/C24H28N4O2S/c1-2-28-23-21(14-25-28)20(13-22(26-23)17-7-4-3-5-8-17)24(29)27(18-10-12-31-16-18)15-19-9-6-11-30-19/h3-5,7-8,13-14,18-19H,2,6,9-12,15-16H2,1H3. The summed E-state index contributed by atoms with van der Waals surface area (Å²) in [7, 11) is 0. The summed E-state index contributed by atoms with van der Waals surface area (Å²) in [5, 5.41) is 5.33. The third-order valence-corrected chi connectivity index (χ3v) is 7.39. The molecular formula is C24H28N4O2S. The number of benzene rings is 1. The number of aromatic nitrogens is 3. The van der Waals surface area contributed by atoms with Crippen LogP contribution in [-0.4, -0.2) is 62.4 Å². The van der Waals surface area contributed by atoms with Crippen molar-refractivity contribution < 1.29 is 9.53 Å². The van der Waals surface area contributed by atoms with Crippen molar-refractivity contribution in [3.8, 4) is 11.3 Å². The second kappa shape index (κ2) is 9.01. The smallest absolute Gasteiger partial charge is 0.255 e. The zero-order valence-electron chi connectivity index (χ0n) is 17.9. The lowest BCUT2D eigenvalue weighted by atomic mass is 10.0. The Morgan fingerprint density at radius 2 is 2.16 bits per heavy atom. The highest BCUT2D eigenvalue weighted by atomic mass is 32.2. The molecule has 0 saturated carbocycles. The molecule has 1 aromatic carbocycles. The largest absolute Gasteiger partial charge is 0.376 e. The summed E-state index contributed by atoms with van der Waals surface area (Å²) in [4.78, 5) is 21.0. The lowest BCUT2D eigenvalue weighted by molar-refractivity contribution is 0.0443. The average molecular weight is 437 g/mol. The molecule has 2 aliphatic heterocycles. The molecule has 0 radical (unpaired) electrons. The van der Waals surface area contributed by atoms with Crippen molar-refractivity contribution in [3.05, 3.63) is 48.2 Å². The molecule has 2 aromatic heterocycles. The maximum atomic E-state index is 14.0. The third kappa shape index (κ3) is 4.08. The Hall–Kier alpha value is -2.38. The Balaban J connectivity index is 1.59. The summed E-state index contributed by atoms with van der Waals surface area (Å²) in [6.45, 7) is 4.22. The van der Waals surface area contributed by atoms with Gasteiger partial charge >= 0.3 is 0 Å². The van der Waals surface area contributed by atoms with Gasteiger partial charge < -0.3 is 9.64 Å². The fraction of sp³-hybridized carbons (Fsp3) is 0.458. The molecule has 0 aliphatic carbocycles. The van der Waals surface area contributed by atoms with Gasteiger partial charge in [0.05, 0.1) is 28.9 Å². The molecule has 3 aromatic rings. The first-order chi connectivity index (χ1) is 15.2. The molecule has 0 spiro atoms. The molecule has 31 heavy (non-hydrogen) atoms. The van der Waals surface area contributed by atoms with Gasteiger partial charge in [0, 0.05) is 37.1 Å². The van der Waals surface area contributed by atoms with Crippen LogP contribution in [0.25, 0.3) is 22.3 Å². The molecule has 2 atom stereocenters. The van der Waals surface area contributed by atoms with Gasteiger partial charge in [0.25, 0.3) is 5.91 Å². The number of nitrogens with zero attached hydrogens (tertiary/aromatic N) is 4. The fourth-order valence-electron chi connectivity index (χ4n) is 4.54. The number of carbonyl (C=O) groups is 1. The zero-order chi connectivity index (χ0) is 21.2. The zero-order valence-corrected chi connectivity index (χ0v) is 18.7. The molecule has 2 fully saturated rings. The van der Waals surface area contributed by atoms with Crippen LogP contribution >= 0.6 is 11.8 Å².